The first-order valence-corrected chi connectivity index (χ1v) is 8.42. The predicted octanol–water partition coefficient (Wildman–Crippen LogP) is 1.42. The van der Waals surface area contributed by atoms with Gasteiger partial charge in [0.05, 0.1) is 4.90 Å². The van der Waals surface area contributed by atoms with Crippen molar-refractivity contribution in [1.82, 2.24) is 4.72 Å². The van der Waals surface area contributed by atoms with E-state index >= 15 is 0 Å². The number of amidine groups is 1. The van der Waals surface area contributed by atoms with Crippen LogP contribution in [0, 0.1) is 0 Å². The molecule has 7 heteroatoms. The Labute approximate surface area is 133 Å². The fourth-order valence-corrected chi connectivity index (χ4v) is 3.65. The molecule has 0 saturated heterocycles. The highest BCUT2D eigenvalue weighted by atomic mass is 32.2. The minimum Gasteiger partial charge on any atom is -0.480 e. The molecule has 2 aromatic rings. The number of aliphatic imine (C=N–C) groups is 1. The highest BCUT2D eigenvalue weighted by molar-refractivity contribution is 7.90. The van der Waals surface area contributed by atoms with Crippen LogP contribution in [0.5, 0.6) is 0 Å². The molecule has 0 aromatic heterocycles. The lowest BCUT2D eigenvalue weighted by atomic mass is 10.1. The summed E-state index contributed by atoms with van der Waals surface area (Å²) in [5.41, 5.74) is 1.21. The topological polar surface area (TPSA) is 95.8 Å². The smallest absolute Gasteiger partial charge is 0.328 e. The molecule has 0 bridgehead atoms. The van der Waals surface area contributed by atoms with Crippen molar-refractivity contribution in [3.63, 3.8) is 0 Å². The molecular formula is C16H14N2O4S. The second kappa shape index (κ2) is 5.85. The Bertz CT molecular complexity index is 876. The van der Waals surface area contributed by atoms with Gasteiger partial charge in [-0.15, -0.1) is 0 Å². The zero-order valence-corrected chi connectivity index (χ0v) is 12.8. The Morgan fingerprint density at radius 2 is 1.74 bits per heavy atom. The summed E-state index contributed by atoms with van der Waals surface area (Å²) in [7, 11) is -3.67. The van der Waals surface area contributed by atoms with Gasteiger partial charge in [-0.25, -0.2) is 13.2 Å². The lowest BCUT2D eigenvalue weighted by molar-refractivity contribution is -0.138. The third-order valence-corrected chi connectivity index (χ3v) is 4.90. The summed E-state index contributed by atoms with van der Waals surface area (Å²) in [5, 5.41) is 9.39. The fraction of sp³-hybridized carbons (Fsp3) is 0.125. The summed E-state index contributed by atoms with van der Waals surface area (Å²) in [6.07, 6.45) is 0.184. The van der Waals surface area contributed by atoms with E-state index in [1.54, 1.807) is 18.2 Å². The van der Waals surface area contributed by atoms with Gasteiger partial charge in [0.2, 0.25) is 0 Å². The third-order valence-electron chi connectivity index (χ3n) is 3.50. The Balaban J connectivity index is 1.97. The van der Waals surface area contributed by atoms with Crippen LogP contribution in [0.1, 0.15) is 11.1 Å². The molecule has 1 aliphatic heterocycles. The maximum Gasteiger partial charge on any atom is 0.328 e. The first kappa shape index (κ1) is 15.2. The van der Waals surface area contributed by atoms with Crippen LogP contribution in [0.15, 0.2) is 64.5 Å². The minimum atomic E-state index is -3.67. The molecule has 6 nitrogen and oxygen atoms in total. The SMILES string of the molecule is O=C(O)C(Cc1ccccc1)N=C1NS(=O)(=O)c2ccccc21. The number of carboxylic acid groups (broad SMARTS) is 1. The van der Waals surface area contributed by atoms with Crippen LogP contribution in [-0.4, -0.2) is 31.4 Å². The number of carboxylic acids is 1. The summed E-state index contributed by atoms with van der Waals surface area (Å²) < 4.78 is 26.4. The molecule has 1 atom stereocenters. The van der Waals surface area contributed by atoms with Crippen LogP contribution < -0.4 is 4.72 Å². The van der Waals surface area contributed by atoms with Gasteiger partial charge in [-0.3, -0.25) is 9.71 Å². The monoisotopic (exact) mass is 330 g/mol. The van der Waals surface area contributed by atoms with Crippen LogP contribution >= 0.6 is 0 Å². The predicted molar refractivity (Wildman–Crippen MR) is 84.9 cm³/mol. The molecule has 0 saturated carbocycles. The molecule has 3 rings (SSSR count). The van der Waals surface area contributed by atoms with Crippen molar-refractivity contribution in [3.8, 4) is 0 Å². The average molecular weight is 330 g/mol. The molecule has 0 aliphatic carbocycles. The van der Waals surface area contributed by atoms with Crippen molar-refractivity contribution in [2.24, 2.45) is 4.99 Å². The number of rotatable bonds is 4. The standard InChI is InChI=1S/C16H14N2O4S/c19-16(20)13(10-11-6-2-1-3-7-11)17-15-12-8-4-5-9-14(12)23(21,22)18-15/h1-9,13H,10H2,(H,17,18)(H,19,20). The molecule has 23 heavy (non-hydrogen) atoms. The van der Waals surface area contributed by atoms with E-state index in [4.69, 9.17) is 0 Å². The minimum absolute atomic E-state index is 0.0731. The fourth-order valence-electron chi connectivity index (χ4n) is 2.41. The van der Waals surface area contributed by atoms with Crippen LogP contribution in [0.4, 0.5) is 0 Å². The second-order valence-electron chi connectivity index (χ2n) is 5.12. The number of benzene rings is 2. The van der Waals surface area contributed by atoms with Gasteiger partial charge in [-0.1, -0.05) is 42.5 Å². The summed E-state index contributed by atoms with van der Waals surface area (Å²) in [5.74, 6) is -1.03. The number of aliphatic carboxylic acids is 1. The van der Waals surface area contributed by atoms with E-state index in [0.29, 0.717) is 5.56 Å². The van der Waals surface area contributed by atoms with Gasteiger partial charge in [0.25, 0.3) is 10.0 Å². The number of fused-ring (bicyclic) bond motifs is 1. The third kappa shape index (κ3) is 3.09. The van der Waals surface area contributed by atoms with Gasteiger partial charge in [-0.05, 0) is 17.7 Å². The summed E-state index contributed by atoms with van der Waals surface area (Å²) in [6.45, 7) is 0. The molecule has 0 radical (unpaired) electrons. The number of nitrogens with one attached hydrogen (secondary N) is 1. The van der Waals surface area contributed by atoms with Gasteiger partial charge in [0.15, 0.2) is 6.04 Å². The summed E-state index contributed by atoms with van der Waals surface area (Å²) >= 11 is 0. The molecule has 1 heterocycles. The second-order valence-corrected chi connectivity index (χ2v) is 6.77. The van der Waals surface area contributed by atoms with Crippen LogP contribution in [0.25, 0.3) is 0 Å². The largest absolute Gasteiger partial charge is 0.480 e. The lowest BCUT2D eigenvalue weighted by Crippen LogP contribution is -2.28. The molecule has 1 unspecified atom stereocenters. The normalized spacial score (nSPS) is 18.2. The van der Waals surface area contributed by atoms with Crippen LogP contribution in [-0.2, 0) is 21.2 Å². The van der Waals surface area contributed by atoms with Crippen molar-refractivity contribution < 1.29 is 18.3 Å². The van der Waals surface area contributed by atoms with E-state index in [1.807, 2.05) is 30.3 Å². The van der Waals surface area contributed by atoms with Crippen molar-refractivity contribution in [3.05, 3.63) is 65.7 Å². The first-order chi connectivity index (χ1) is 11.0. The van der Waals surface area contributed by atoms with E-state index in [2.05, 4.69) is 9.71 Å². The maximum absolute atomic E-state index is 12.0. The summed E-state index contributed by atoms with van der Waals surface area (Å²) in [6, 6.07) is 14.4. The van der Waals surface area contributed by atoms with Crippen LogP contribution in [0.3, 0.4) is 0 Å². The van der Waals surface area contributed by atoms with Gasteiger partial charge in [-0.2, -0.15) is 0 Å². The van der Waals surface area contributed by atoms with Crippen molar-refractivity contribution in [1.29, 1.82) is 0 Å². The molecule has 118 valence electrons. The van der Waals surface area contributed by atoms with Gasteiger partial charge in [0, 0.05) is 12.0 Å². The van der Waals surface area contributed by atoms with E-state index in [0.717, 1.165) is 5.56 Å². The van der Waals surface area contributed by atoms with Crippen molar-refractivity contribution in [2.75, 3.05) is 0 Å². The van der Waals surface area contributed by atoms with Gasteiger partial charge in [0.1, 0.15) is 5.84 Å². The zero-order valence-electron chi connectivity index (χ0n) is 12.0. The quantitative estimate of drug-likeness (QED) is 0.886. The molecular weight excluding hydrogens is 316 g/mol. The van der Waals surface area contributed by atoms with Gasteiger partial charge >= 0.3 is 5.97 Å². The molecule has 0 spiro atoms. The van der Waals surface area contributed by atoms with E-state index < -0.39 is 22.0 Å². The Morgan fingerprint density at radius 1 is 1.09 bits per heavy atom. The average Bonchev–Trinajstić information content (AvgIpc) is 2.79. The van der Waals surface area contributed by atoms with Crippen molar-refractivity contribution in [2.45, 2.75) is 17.4 Å². The number of sulfonamides is 1. The number of carbonyl (C=O) groups is 1. The molecule has 0 fully saturated rings. The Hall–Kier alpha value is -2.67. The van der Waals surface area contributed by atoms with E-state index in [1.165, 1.54) is 6.07 Å². The zero-order chi connectivity index (χ0) is 16.4. The molecule has 0 amide bonds. The Morgan fingerprint density at radius 3 is 2.43 bits per heavy atom. The van der Waals surface area contributed by atoms with E-state index in [-0.39, 0.29) is 17.2 Å². The number of hydrogen-bond donors (Lipinski definition) is 2. The first-order valence-electron chi connectivity index (χ1n) is 6.94. The van der Waals surface area contributed by atoms with Crippen LogP contribution in [0.2, 0.25) is 0 Å². The maximum atomic E-state index is 12.0. The highest BCUT2D eigenvalue weighted by Gasteiger charge is 2.31. The number of hydrogen-bond acceptors (Lipinski definition) is 4. The molecule has 1 aliphatic rings. The lowest BCUT2D eigenvalue weighted by Gasteiger charge is -2.09. The highest BCUT2D eigenvalue weighted by Crippen LogP contribution is 2.23. The van der Waals surface area contributed by atoms with E-state index in [9.17, 15) is 18.3 Å². The number of nitrogens with zero attached hydrogens (tertiary/aromatic N) is 1. The summed E-state index contributed by atoms with van der Waals surface area (Å²) in [4.78, 5) is 15.7. The molecule has 2 aromatic carbocycles. The van der Waals surface area contributed by atoms with Gasteiger partial charge < -0.3 is 5.11 Å². The van der Waals surface area contributed by atoms with Crippen molar-refractivity contribution >= 4 is 21.8 Å². The Kier molecular flexibility index (Phi) is 3.87. The molecule has 2 N–H and O–H groups in total.